The van der Waals surface area contributed by atoms with Crippen LogP contribution in [0.15, 0.2) is 181 Å². The number of nitrogens with zero attached hydrogens (tertiary/aromatic N) is 3. The number of hydrogen-bond acceptors (Lipinski definition) is 3. The molecule has 0 aliphatic carbocycles. The number of fused-ring (bicyclic) bond motifs is 7. The largest absolute Gasteiger partial charge is 0.454 e. The first-order valence-corrected chi connectivity index (χ1v) is 16.5. The van der Waals surface area contributed by atoms with Crippen molar-refractivity contribution in [2.45, 2.75) is 0 Å². The summed E-state index contributed by atoms with van der Waals surface area (Å²) < 4.78 is 8.86. The van der Waals surface area contributed by atoms with Crippen molar-refractivity contribution in [2.24, 2.45) is 0 Å². The minimum absolute atomic E-state index is 0.758. The summed E-state index contributed by atoms with van der Waals surface area (Å²) in [5.41, 5.74) is 10.4. The SMILES string of the molecule is c1ccc(-c2ccc(N(c3ccc4c5ccccc5n(-c5ccccc5)c4c3)c3cncc4oc5cc6ccccc6cc5c34)cc2)cc1. The molecule has 3 aromatic heterocycles. The summed E-state index contributed by atoms with van der Waals surface area (Å²) in [4.78, 5) is 7.06. The Labute approximate surface area is 282 Å². The molecule has 0 radical (unpaired) electrons. The quantitative estimate of drug-likeness (QED) is 0.190. The zero-order valence-corrected chi connectivity index (χ0v) is 26.5. The minimum Gasteiger partial charge on any atom is -0.454 e. The molecule has 10 aromatic rings. The molecule has 0 spiro atoms. The van der Waals surface area contributed by atoms with E-state index in [9.17, 15) is 0 Å². The molecule has 0 atom stereocenters. The van der Waals surface area contributed by atoms with E-state index in [1.807, 2.05) is 12.4 Å². The van der Waals surface area contributed by atoms with Crippen LogP contribution in [0.3, 0.4) is 0 Å². The van der Waals surface area contributed by atoms with Crippen LogP contribution in [0.25, 0.3) is 71.3 Å². The highest BCUT2D eigenvalue weighted by Gasteiger charge is 2.22. The topological polar surface area (TPSA) is 34.2 Å². The number of furan rings is 1. The number of hydrogen-bond donors (Lipinski definition) is 0. The van der Waals surface area contributed by atoms with E-state index in [1.54, 1.807) is 0 Å². The van der Waals surface area contributed by atoms with E-state index >= 15 is 0 Å². The summed E-state index contributed by atoms with van der Waals surface area (Å²) in [6, 6.07) is 58.2. The lowest BCUT2D eigenvalue weighted by atomic mass is 10.0. The smallest absolute Gasteiger partial charge is 0.155 e. The van der Waals surface area contributed by atoms with Gasteiger partial charge in [-0.15, -0.1) is 0 Å². The summed E-state index contributed by atoms with van der Waals surface area (Å²) in [6.07, 6.45) is 3.80. The van der Waals surface area contributed by atoms with Crippen molar-refractivity contribution in [3.05, 3.63) is 176 Å². The number of para-hydroxylation sites is 2. The molecule has 3 heterocycles. The van der Waals surface area contributed by atoms with Crippen LogP contribution in [0, 0.1) is 0 Å². The van der Waals surface area contributed by atoms with Gasteiger partial charge >= 0.3 is 0 Å². The lowest BCUT2D eigenvalue weighted by molar-refractivity contribution is 0.667. The normalized spacial score (nSPS) is 11.7. The van der Waals surface area contributed by atoms with Gasteiger partial charge in [-0.1, -0.05) is 109 Å². The van der Waals surface area contributed by atoms with E-state index in [2.05, 4.69) is 173 Å². The lowest BCUT2D eigenvalue weighted by Crippen LogP contribution is -2.11. The molecule has 0 amide bonds. The predicted molar refractivity (Wildman–Crippen MR) is 203 cm³/mol. The zero-order chi connectivity index (χ0) is 32.3. The molecule has 0 saturated heterocycles. The molecule has 10 rings (SSSR count). The van der Waals surface area contributed by atoms with Crippen LogP contribution < -0.4 is 4.90 Å². The van der Waals surface area contributed by atoms with Crippen molar-refractivity contribution >= 4 is 71.6 Å². The van der Waals surface area contributed by atoms with Gasteiger partial charge in [0, 0.05) is 33.2 Å². The molecule has 4 nitrogen and oxygen atoms in total. The fraction of sp³-hybridized carbons (Fsp3) is 0. The molecule has 0 fully saturated rings. The number of benzene rings is 7. The summed E-state index contributed by atoms with van der Waals surface area (Å²) in [7, 11) is 0. The maximum Gasteiger partial charge on any atom is 0.155 e. The Morgan fingerprint density at radius 3 is 1.94 bits per heavy atom. The Morgan fingerprint density at radius 2 is 1.12 bits per heavy atom. The minimum atomic E-state index is 0.758. The average Bonchev–Trinajstić information content (AvgIpc) is 3.70. The molecule has 0 aliphatic rings. The Morgan fingerprint density at radius 1 is 0.469 bits per heavy atom. The molecule has 0 saturated carbocycles. The average molecular weight is 628 g/mol. The Kier molecular flexibility index (Phi) is 6.15. The van der Waals surface area contributed by atoms with Crippen LogP contribution in [-0.4, -0.2) is 9.55 Å². The number of anilines is 3. The van der Waals surface area contributed by atoms with Gasteiger partial charge in [0.1, 0.15) is 5.58 Å². The van der Waals surface area contributed by atoms with E-state index in [0.717, 1.165) is 55.6 Å². The van der Waals surface area contributed by atoms with Gasteiger partial charge in [0.15, 0.2) is 5.58 Å². The highest BCUT2D eigenvalue weighted by Crippen LogP contribution is 2.45. The summed E-state index contributed by atoms with van der Waals surface area (Å²) in [5.74, 6) is 0. The van der Waals surface area contributed by atoms with Gasteiger partial charge in [0.25, 0.3) is 0 Å². The molecule has 0 bridgehead atoms. The van der Waals surface area contributed by atoms with Gasteiger partial charge in [0.05, 0.1) is 34.5 Å². The van der Waals surface area contributed by atoms with Crippen molar-refractivity contribution in [1.82, 2.24) is 9.55 Å². The van der Waals surface area contributed by atoms with Crippen LogP contribution in [-0.2, 0) is 0 Å². The number of rotatable bonds is 5. The Balaban J connectivity index is 1.25. The van der Waals surface area contributed by atoms with Crippen LogP contribution in [0.5, 0.6) is 0 Å². The molecule has 7 aromatic carbocycles. The van der Waals surface area contributed by atoms with E-state index < -0.39 is 0 Å². The summed E-state index contributed by atoms with van der Waals surface area (Å²) in [6.45, 7) is 0. The fourth-order valence-electron chi connectivity index (χ4n) is 7.38. The van der Waals surface area contributed by atoms with Crippen LogP contribution in [0.1, 0.15) is 0 Å². The molecule has 230 valence electrons. The first-order valence-electron chi connectivity index (χ1n) is 16.5. The zero-order valence-electron chi connectivity index (χ0n) is 26.5. The van der Waals surface area contributed by atoms with Crippen molar-refractivity contribution in [3.63, 3.8) is 0 Å². The third kappa shape index (κ3) is 4.42. The van der Waals surface area contributed by atoms with Gasteiger partial charge in [0.2, 0.25) is 0 Å². The number of pyridine rings is 1. The van der Waals surface area contributed by atoms with Gasteiger partial charge < -0.3 is 13.9 Å². The summed E-state index contributed by atoms with van der Waals surface area (Å²) >= 11 is 0. The lowest BCUT2D eigenvalue weighted by Gasteiger charge is -2.26. The fourth-order valence-corrected chi connectivity index (χ4v) is 7.38. The van der Waals surface area contributed by atoms with E-state index in [0.29, 0.717) is 0 Å². The first kappa shape index (κ1) is 27.5. The molecule has 0 N–H and O–H groups in total. The van der Waals surface area contributed by atoms with E-state index in [4.69, 9.17) is 9.40 Å². The molecular weight excluding hydrogens is 599 g/mol. The molecule has 0 aliphatic heterocycles. The highest BCUT2D eigenvalue weighted by molar-refractivity contribution is 6.16. The predicted octanol–water partition coefficient (Wildman–Crippen LogP) is 12.4. The van der Waals surface area contributed by atoms with Crippen molar-refractivity contribution in [1.29, 1.82) is 0 Å². The second kappa shape index (κ2) is 11.0. The van der Waals surface area contributed by atoms with Gasteiger partial charge in [-0.05, 0) is 76.5 Å². The third-order valence-electron chi connectivity index (χ3n) is 9.63. The van der Waals surface area contributed by atoms with Gasteiger partial charge in [-0.25, -0.2) is 0 Å². The van der Waals surface area contributed by atoms with Crippen molar-refractivity contribution < 1.29 is 4.42 Å². The van der Waals surface area contributed by atoms with E-state index in [-0.39, 0.29) is 0 Å². The standard InChI is InChI=1S/C45H29N3O/c1-3-11-30(12-4-1)31-19-21-35(22-20-31)47(42-28-46-29-44-45(42)39-25-32-13-7-8-14-33(32)26-43(39)49-44)36-23-24-38-37-17-9-10-18-40(37)48(41(38)27-36)34-15-5-2-6-16-34/h1-29H. The summed E-state index contributed by atoms with van der Waals surface area (Å²) in [5, 5.41) is 6.86. The maximum atomic E-state index is 6.49. The van der Waals surface area contributed by atoms with Crippen LogP contribution >= 0.6 is 0 Å². The van der Waals surface area contributed by atoms with E-state index in [1.165, 1.54) is 32.8 Å². The second-order valence-electron chi connectivity index (χ2n) is 12.5. The highest BCUT2D eigenvalue weighted by atomic mass is 16.3. The number of aromatic nitrogens is 2. The molecule has 49 heavy (non-hydrogen) atoms. The molecule has 0 unspecified atom stereocenters. The van der Waals surface area contributed by atoms with Crippen molar-refractivity contribution in [2.75, 3.05) is 4.90 Å². The van der Waals surface area contributed by atoms with Crippen LogP contribution in [0.2, 0.25) is 0 Å². The maximum absolute atomic E-state index is 6.49. The molecule has 4 heteroatoms. The Bertz CT molecular complexity index is 2820. The van der Waals surface area contributed by atoms with Crippen LogP contribution in [0.4, 0.5) is 17.1 Å². The first-order chi connectivity index (χ1) is 24.3. The van der Waals surface area contributed by atoms with Gasteiger partial charge in [-0.2, -0.15) is 0 Å². The molecular formula is C45H29N3O. The third-order valence-corrected chi connectivity index (χ3v) is 9.63. The second-order valence-corrected chi connectivity index (χ2v) is 12.5. The Hall–Kier alpha value is -6.65. The van der Waals surface area contributed by atoms with Gasteiger partial charge in [-0.3, -0.25) is 4.98 Å². The van der Waals surface area contributed by atoms with Crippen molar-refractivity contribution in [3.8, 4) is 16.8 Å². The monoisotopic (exact) mass is 627 g/mol.